The molecule has 0 radical (unpaired) electrons. The van der Waals surface area contributed by atoms with Gasteiger partial charge in [0.1, 0.15) is 97.7 Å². The van der Waals surface area contributed by atoms with Crippen molar-refractivity contribution in [3.05, 3.63) is 144 Å². The van der Waals surface area contributed by atoms with E-state index in [4.69, 9.17) is 60.8 Å². The lowest BCUT2D eigenvalue weighted by atomic mass is 9.94. The van der Waals surface area contributed by atoms with Gasteiger partial charge in [-0.25, -0.2) is 0 Å². The van der Waals surface area contributed by atoms with Crippen molar-refractivity contribution < 1.29 is 97.9 Å². The van der Waals surface area contributed by atoms with Gasteiger partial charge in [-0.05, 0) is 47.9 Å². The Kier molecular flexibility index (Phi) is 25.5. The van der Waals surface area contributed by atoms with Crippen LogP contribution in [0.1, 0.15) is 47.9 Å². The Balaban J connectivity index is 1.02. The number of carbonyl (C=O) groups is 4. The highest BCUT2D eigenvalue weighted by molar-refractivity contribution is 5.78. The summed E-state index contributed by atoms with van der Waals surface area (Å²) < 4.78 is 50.4. The molecule has 14 aliphatic heterocycles. The summed E-state index contributed by atoms with van der Waals surface area (Å²) in [6.45, 7) is -2.06. The number of nitrogens with one attached hydrogen (secondary N) is 4. The van der Waals surface area contributed by atoms with E-state index >= 15 is 0 Å². The van der Waals surface area contributed by atoms with Gasteiger partial charge in [0, 0.05) is 76.0 Å². The highest BCUT2D eigenvalue weighted by Gasteiger charge is 2.57. The molecule has 14 heterocycles. The van der Waals surface area contributed by atoms with Crippen LogP contribution in [0.2, 0.25) is 0 Å². The Labute approximate surface area is 532 Å². The number of amides is 4. The third kappa shape index (κ3) is 19.1. The topological polar surface area (TPSA) is 456 Å². The third-order valence-corrected chi connectivity index (χ3v) is 16.9. The standard InChI is InChI=1S/C64H88N8O20/c65-37(21-33-13-5-1-6-14-33)25-45(73)69-29-41-57-49(77)53(81)61(85-41)90-58-42(30-70-46(74)26-38(66)22-34-15-7-2-8-16-34)87-63(55(83)51(58)79)92-60-44(32-72-48(76)28-40(68)24-36-19-11-4-12-20-36)88-64(56(84)52(60)80)91-59-43(86-62(89-57)54(82)50(59)78)31-71-47(75)27-39(67)23-35-17-9-3-10-18-35/h1-20,37-44,49-64,77-84H,21-32,65-68H2,(H,69,73)(H,70,74)(H,71,75)(H,72,76)/t37-,38-,39-,40-,41-,42-,43-,44-,49-,50-,51-,52-,53-,54-,55-,56-,57-,58-,59-,60-,61-,62-,63-,64-/m0/s1. The fraction of sp³-hybridized carbons (Fsp3) is 0.562. The van der Waals surface area contributed by atoms with Gasteiger partial charge in [-0.1, -0.05) is 121 Å². The van der Waals surface area contributed by atoms with Gasteiger partial charge in [0.2, 0.25) is 23.6 Å². The minimum atomic E-state index is -2.13. The van der Waals surface area contributed by atoms with E-state index in [1.165, 1.54) is 0 Å². The molecule has 4 amide bonds. The normalized spacial score (nSPS) is 33.6. The first kappa shape index (κ1) is 70.3. The second-order valence-corrected chi connectivity index (χ2v) is 24.3. The molecular formula is C64H88N8O20. The fourth-order valence-electron chi connectivity index (χ4n) is 12.1. The van der Waals surface area contributed by atoms with Crippen LogP contribution in [0.4, 0.5) is 0 Å². The molecule has 0 saturated carbocycles. The Bertz CT molecular complexity index is 2550. The van der Waals surface area contributed by atoms with Gasteiger partial charge in [-0.3, -0.25) is 19.2 Å². The van der Waals surface area contributed by atoms with E-state index in [1.54, 1.807) is 0 Å². The van der Waals surface area contributed by atoms with Crippen molar-refractivity contribution in [3.63, 3.8) is 0 Å². The monoisotopic (exact) mass is 1290 g/mol. The maximum absolute atomic E-state index is 13.6. The van der Waals surface area contributed by atoms with E-state index in [9.17, 15) is 60.0 Å². The molecule has 18 rings (SSSR count). The molecular weight excluding hydrogens is 1200 g/mol. The van der Waals surface area contributed by atoms with E-state index in [-0.39, 0.29) is 25.7 Å². The minimum Gasteiger partial charge on any atom is -0.387 e. The van der Waals surface area contributed by atoms with Crippen molar-refractivity contribution in [1.29, 1.82) is 0 Å². The summed E-state index contributed by atoms with van der Waals surface area (Å²) >= 11 is 0. The summed E-state index contributed by atoms with van der Waals surface area (Å²) in [5.74, 6) is -2.33. The highest BCUT2D eigenvalue weighted by Crippen LogP contribution is 2.37. The summed E-state index contributed by atoms with van der Waals surface area (Å²) in [5, 5.41) is 107. The van der Waals surface area contributed by atoms with E-state index in [1.807, 2.05) is 121 Å². The largest absolute Gasteiger partial charge is 0.387 e. The Morgan fingerprint density at radius 1 is 0.304 bits per heavy atom. The van der Waals surface area contributed by atoms with Crippen LogP contribution < -0.4 is 44.2 Å². The summed E-state index contributed by atoms with van der Waals surface area (Å²) in [4.78, 5) is 54.6. The van der Waals surface area contributed by atoms with Crippen LogP contribution in [-0.4, -0.2) is 238 Å². The second kappa shape index (κ2) is 33.4. The van der Waals surface area contributed by atoms with Crippen molar-refractivity contribution in [3.8, 4) is 0 Å². The molecule has 14 fully saturated rings. The minimum absolute atomic E-state index is 0.200. The van der Waals surface area contributed by atoms with Crippen LogP contribution in [-0.2, 0) is 82.8 Å². The van der Waals surface area contributed by atoms with Gasteiger partial charge >= 0.3 is 0 Å². The number of carbonyl (C=O) groups excluding carboxylic acids is 4. The third-order valence-electron chi connectivity index (χ3n) is 16.9. The number of hydrogen-bond donors (Lipinski definition) is 16. The molecule has 14 saturated heterocycles. The molecule has 24 atom stereocenters. The van der Waals surface area contributed by atoms with Gasteiger partial charge in [-0.2, -0.15) is 0 Å². The first-order valence-corrected chi connectivity index (χ1v) is 31.1. The number of aliphatic hydroxyl groups excluding tert-OH is 8. The summed E-state index contributed by atoms with van der Waals surface area (Å²) in [5.41, 5.74) is 29.1. The first-order valence-electron chi connectivity index (χ1n) is 31.1. The molecule has 14 aliphatic rings. The molecule has 0 aromatic heterocycles. The van der Waals surface area contributed by atoms with E-state index in [0.717, 1.165) is 22.3 Å². The van der Waals surface area contributed by atoms with Crippen LogP contribution in [0, 0.1) is 0 Å². The lowest BCUT2D eigenvalue weighted by molar-refractivity contribution is -0.399. The van der Waals surface area contributed by atoms with Crippen molar-refractivity contribution in [1.82, 2.24) is 21.3 Å². The summed E-state index contributed by atoms with van der Waals surface area (Å²) in [6.07, 6.45) is -37.8. The zero-order valence-electron chi connectivity index (χ0n) is 50.7. The Hall–Kier alpha value is -6.04. The highest BCUT2D eigenvalue weighted by atomic mass is 16.8. The van der Waals surface area contributed by atoms with Gasteiger partial charge in [0.05, 0.1) is 0 Å². The summed E-state index contributed by atoms with van der Waals surface area (Å²) in [7, 11) is 0. The zero-order chi connectivity index (χ0) is 65.6. The number of benzene rings is 4. The maximum Gasteiger partial charge on any atom is 0.221 e. The van der Waals surface area contributed by atoms with Crippen molar-refractivity contribution >= 4 is 23.6 Å². The number of nitrogens with two attached hydrogens (primary N) is 4. The molecule has 0 aliphatic carbocycles. The molecule has 0 unspecified atom stereocenters. The zero-order valence-corrected chi connectivity index (χ0v) is 50.7. The first-order chi connectivity index (χ1) is 44.2. The molecule has 4 aromatic carbocycles. The van der Waals surface area contributed by atoms with Gasteiger partial charge in [0.25, 0.3) is 0 Å². The molecule has 504 valence electrons. The van der Waals surface area contributed by atoms with Gasteiger partial charge in [-0.15, -0.1) is 0 Å². The van der Waals surface area contributed by atoms with Crippen LogP contribution in [0.3, 0.4) is 0 Å². The Morgan fingerprint density at radius 2 is 0.489 bits per heavy atom. The van der Waals surface area contributed by atoms with Crippen LogP contribution in [0.15, 0.2) is 121 Å². The van der Waals surface area contributed by atoms with E-state index in [2.05, 4.69) is 21.3 Å². The summed E-state index contributed by atoms with van der Waals surface area (Å²) in [6, 6.07) is 34.1. The van der Waals surface area contributed by atoms with Crippen molar-refractivity contribution in [2.24, 2.45) is 22.9 Å². The Morgan fingerprint density at radius 3 is 0.674 bits per heavy atom. The molecule has 8 bridgehead atoms. The van der Waals surface area contributed by atoms with E-state index < -0.39 is 197 Å². The number of rotatable bonds is 24. The molecule has 20 N–H and O–H groups in total. The molecule has 92 heavy (non-hydrogen) atoms. The quantitative estimate of drug-likeness (QED) is 0.0315. The van der Waals surface area contributed by atoms with Gasteiger partial charge < -0.3 is 123 Å². The van der Waals surface area contributed by atoms with Crippen LogP contribution >= 0.6 is 0 Å². The predicted molar refractivity (Wildman–Crippen MR) is 325 cm³/mol. The molecule has 28 heteroatoms. The van der Waals surface area contributed by atoms with Crippen LogP contribution in [0.5, 0.6) is 0 Å². The second-order valence-electron chi connectivity index (χ2n) is 24.3. The number of ether oxygens (including phenoxy) is 8. The van der Waals surface area contributed by atoms with Crippen LogP contribution in [0.25, 0.3) is 0 Å². The number of hydrogen-bond acceptors (Lipinski definition) is 24. The smallest absolute Gasteiger partial charge is 0.221 e. The average molecular weight is 1290 g/mol. The van der Waals surface area contributed by atoms with Gasteiger partial charge in [0.15, 0.2) is 25.2 Å². The number of aliphatic hydroxyl groups is 8. The lowest BCUT2D eigenvalue weighted by Gasteiger charge is -2.51. The SMILES string of the molecule is N[C@H](CC(=O)NC[C@@H]1O[C@H]2O[C@@H]3[C@@H](O)[C@H](O)[C@H](O[C@@H]4[C@@H](O)[C@H](O)[C@H](O[C@@H]5[C@@H](O)[C@H](O)[C@H](O[C@@H]1[C@@H](O)[C@@H]2O)O[C@H]5CNC(=O)C[C@@H](N)Cc1ccccc1)O[C@H]4CNC(=O)C[C@@H](N)Cc1ccccc1)O[C@H]3CNC(=O)C[C@@H](N)Cc1ccccc1)Cc1ccccc1. The molecule has 4 aromatic rings. The molecule has 0 spiro atoms. The maximum atomic E-state index is 13.6. The lowest BCUT2D eigenvalue weighted by Crippen LogP contribution is -2.70. The fourth-order valence-corrected chi connectivity index (χ4v) is 12.1. The predicted octanol–water partition coefficient (Wildman–Crippen LogP) is -4.37. The average Bonchev–Trinajstić information content (AvgIpc) is 0.802. The van der Waals surface area contributed by atoms with Crippen molar-refractivity contribution in [2.45, 2.75) is 198 Å². The van der Waals surface area contributed by atoms with E-state index in [0.29, 0.717) is 25.7 Å². The van der Waals surface area contributed by atoms with Crippen molar-refractivity contribution in [2.75, 3.05) is 26.2 Å². The molecule has 28 nitrogen and oxygen atoms in total.